The second kappa shape index (κ2) is 11.9. The van der Waals surface area contributed by atoms with E-state index < -0.39 is 0 Å². The molecule has 1 N–H and O–H groups in total. The number of benzene rings is 3. The summed E-state index contributed by atoms with van der Waals surface area (Å²) in [6, 6.07) is 23.9. The molecule has 1 fully saturated rings. The third-order valence-electron chi connectivity index (χ3n) is 6.62. The Morgan fingerprint density at radius 3 is 2.57 bits per heavy atom. The number of thioether (sulfide) groups is 1. The first-order valence-electron chi connectivity index (χ1n) is 12.4. The van der Waals surface area contributed by atoms with Crippen molar-refractivity contribution in [3.8, 4) is 11.4 Å². The van der Waals surface area contributed by atoms with Gasteiger partial charge in [-0.3, -0.25) is 9.69 Å². The number of carbonyl (C=O) groups excluding carboxylic acids is 1. The fourth-order valence-corrected chi connectivity index (χ4v) is 5.56. The minimum Gasteiger partial charge on any atom is -0.338 e. The van der Waals surface area contributed by atoms with Gasteiger partial charge < -0.3 is 9.84 Å². The summed E-state index contributed by atoms with van der Waals surface area (Å²) in [4.78, 5) is 21.0. The van der Waals surface area contributed by atoms with E-state index in [4.69, 9.17) is 16.1 Å². The van der Waals surface area contributed by atoms with Gasteiger partial charge in [-0.05, 0) is 68.2 Å². The summed E-state index contributed by atoms with van der Waals surface area (Å²) in [6.07, 6.45) is 1.59. The van der Waals surface area contributed by atoms with Crippen molar-refractivity contribution in [1.82, 2.24) is 15.0 Å². The zero-order valence-electron chi connectivity index (χ0n) is 20.7. The largest absolute Gasteiger partial charge is 0.338 e. The van der Waals surface area contributed by atoms with E-state index in [1.165, 1.54) is 5.56 Å². The molecule has 0 radical (unpaired) electrons. The van der Waals surface area contributed by atoms with Gasteiger partial charge >= 0.3 is 0 Å². The van der Waals surface area contributed by atoms with Crippen LogP contribution >= 0.6 is 23.4 Å². The first-order valence-corrected chi connectivity index (χ1v) is 13.8. The molecule has 1 aromatic heterocycles. The lowest BCUT2D eigenvalue weighted by Crippen LogP contribution is -2.37. The second-order valence-corrected chi connectivity index (χ2v) is 10.7. The maximum atomic E-state index is 13.1. The highest BCUT2D eigenvalue weighted by Gasteiger charge is 2.26. The topological polar surface area (TPSA) is 71.3 Å². The molecule has 1 aliphatic rings. The molecule has 3 aromatic carbocycles. The van der Waals surface area contributed by atoms with Crippen molar-refractivity contribution in [3.63, 3.8) is 0 Å². The number of aromatic nitrogens is 2. The molecule has 4 aromatic rings. The van der Waals surface area contributed by atoms with Crippen molar-refractivity contribution in [3.05, 3.63) is 94.8 Å². The number of likely N-dealkylation sites (tertiary alicyclic amines) is 1. The molecule has 1 aliphatic heterocycles. The van der Waals surface area contributed by atoms with Crippen LogP contribution in [0.15, 0.2) is 82.2 Å². The number of aryl methyl sites for hydroxylation is 1. The highest BCUT2D eigenvalue weighted by molar-refractivity contribution is 7.98. The van der Waals surface area contributed by atoms with Gasteiger partial charge in [0.05, 0.1) is 12.2 Å². The fourth-order valence-electron chi connectivity index (χ4n) is 4.47. The lowest BCUT2D eigenvalue weighted by molar-refractivity contribution is -0.121. The van der Waals surface area contributed by atoms with E-state index in [2.05, 4.69) is 20.4 Å². The predicted molar refractivity (Wildman–Crippen MR) is 149 cm³/mol. The van der Waals surface area contributed by atoms with Crippen molar-refractivity contribution in [1.29, 1.82) is 0 Å². The van der Waals surface area contributed by atoms with Gasteiger partial charge in [0.15, 0.2) is 0 Å². The molecular weight excluding hydrogens is 504 g/mol. The average Bonchev–Trinajstić information content (AvgIpc) is 3.38. The molecule has 37 heavy (non-hydrogen) atoms. The summed E-state index contributed by atoms with van der Waals surface area (Å²) in [5, 5.41) is 8.07. The molecule has 190 valence electrons. The highest BCUT2D eigenvalue weighted by atomic mass is 35.5. The van der Waals surface area contributed by atoms with Crippen LogP contribution in [0.2, 0.25) is 5.02 Å². The van der Waals surface area contributed by atoms with Crippen LogP contribution in [-0.2, 0) is 17.1 Å². The van der Waals surface area contributed by atoms with E-state index in [0.29, 0.717) is 18.3 Å². The molecule has 0 saturated carbocycles. The van der Waals surface area contributed by atoms with Gasteiger partial charge in [-0.15, -0.1) is 11.8 Å². The van der Waals surface area contributed by atoms with Crippen molar-refractivity contribution in [2.45, 2.75) is 37.0 Å². The Bertz CT molecular complexity index is 1350. The number of nitrogens with one attached hydrogen (secondary N) is 1. The summed E-state index contributed by atoms with van der Waals surface area (Å²) in [6.45, 7) is 4.26. The number of hydrogen-bond acceptors (Lipinski definition) is 6. The molecule has 0 aliphatic carbocycles. The number of carbonyl (C=O) groups is 1. The number of rotatable bonds is 8. The molecule has 2 heterocycles. The van der Waals surface area contributed by atoms with Crippen molar-refractivity contribution in [2.24, 2.45) is 5.92 Å². The summed E-state index contributed by atoms with van der Waals surface area (Å²) in [7, 11) is 0. The maximum Gasteiger partial charge on any atom is 0.241 e. The van der Waals surface area contributed by atoms with E-state index >= 15 is 0 Å². The zero-order valence-corrected chi connectivity index (χ0v) is 22.3. The van der Waals surface area contributed by atoms with Gasteiger partial charge in [0.25, 0.3) is 0 Å². The summed E-state index contributed by atoms with van der Waals surface area (Å²) in [5.41, 5.74) is 4.16. The number of amides is 1. The maximum absolute atomic E-state index is 13.1. The summed E-state index contributed by atoms with van der Waals surface area (Å²) in [5.74, 6) is 2.10. The van der Waals surface area contributed by atoms with Gasteiger partial charge in [0.1, 0.15) is 0 Å². The molecule has 0 unspecified atom stereocenters. The number of hydrogen-bond donors (Lipinski definition) is 1. The Hall–Kier alpha value is -3.13. The Morgan fingerprint density at radius 1 is 1.05 bits per heavy atom. The molecule has 1 amide bonds. The molecule has 0 bridgehead atoms. The minimum absolute atomic E-state index is 0.0178. The van der Waals surface area contributed by atoms with E-state index in [1.807, 2.05) is 79.7 Å². The van der Waals surface area contributed by atoms with E-state index in [0.717, 1.165) is 58.4 Å². The molecule has 5 rings (SSSR count). The van der Waals surface area contributed by atoms with Crippen LogP contribution in [0.5, 0.6) is 0 Å². The van der Waals surface area contributed by atoms with Crippen LogP contribution in [0, 0.1) is 12.8 Å². The smallest absolute Gasteiger partial charge is 0.241 e. The van der Waals surface area contributed by atoms with E-state index in [9.17, 15) is 4.79 Å². The van der Waals surface area contributed by atoms with Crippen LogP contribution in [0.1, 0.15) is 29.9 Å². The highest BCUT2D eigenvalue weighted by Crippen LogP contribution is 2.31. The zero-order chi connectivity index (χ0) is 25.6. The fraction of sp³-hybridized carbons (Fsp3) is 0.276. The van der Waals surface area contributed by atoms with Crippen molar-refractivity contribution in [2.75, 3.05) is 18.4 Å². The van der Waals surface area contributed by atoms with Crippen molar-refractivity contribution >= 4 is 35.0 Å². The lowest BCUT2D eigenvalue weighted by Gasteiger charge is -2.30. The van der Waals surface area contributed by atoms with E-state index in [-0.39, 0.29) is 11.8 Å². The summed E-state index contributed by atoms with van der Waals surface area (Å²) < 4.78 is 5.51. The monoisotopic (exact) mass is 532 g/mol. The van der Waals surface area contributed by atoms with Gasteiger partial charge in [-0.2, -0.15) is 4.98 Å². The average molecular weight is 533 g/mol. The van der Waals surface area contributed by atoms with Crippen LogP contribution in [0.4, 0.5) is 5.69 Å². The SMILES string of the molecule is Cc1ccccc1-c1noc(CN2CCC(C(=O)Nc3ccccc3SCc3ccc(Cl)cc3)CC2)n1. The number of piperidine rings is 1. The normalized spacial score (nSPS) is 14.5. The number of anilines is 1. The first-order chi connectivity index (χ1) is 18.0. The van der Waals surface area contributed by atoms with Crippen LogP contribution < -0.4 is 5.32 Å². The van der Waals surface area contributed by atoms with Gasteiger partial charge in [-0.25, -0.2) is 0 Å². The van der Waals surface area contributed by atoms with Crippen molar-refractivity contribution < 1.29 is 9.32 Å². The molecular formula is C29H29ClN4O2S. The Balaban J connectivity index is 1.13. The first kappa shape index (κ1) is 25.5. The van der Waals surface area contributed by atoms with Gasteiger partial charge in [0, 0.05) is 27.2 Å². The Morgan fingerprint density at radius 2 is 1.78 bits per heavy atom. The van der Waals surface area contributed by atoms with E-state index in [1.54, 1.807) is 11.8 Å². The van der Waals surface area contributed by atoms with Crippen LogP contribution in [-0.4, -0.2) is 34.0 Å². The molecule has 0 atom stereocenters. The molecule has 8 heteroatoms. The number of halogens is 1. The standard InChI is InChI=1S/C29H29ClN4O2S/c1-20-6-2-3-7-24(20)28-32-27(36-33-28)18-34-16-14-22(15-17-34)29(35)31-25-8-4-5-9-26(25)37-19-21-10-12-23(30)13-11-21/h2-13,22H,14-19H2,1H3,(H,31,35). The summed E-state index contributed by atoms with van der Waals surface area (Å²) >= 11 is 7.70. The third kappa shape index (κ3) is 6.60. The lowest BCUT2D eigenvalue weighted by atomic mass is 9.96. The quantitative estimate of drug-likeness (QED) is 0.250. The van der Waals surface area contributed by atoms with Gasteiger partial charge in [-0.1, -0.05) is 65.3 Å². The number of nitrogens with zero attached hydrogens (tertiary/aromatic N) is 3. The minimum atomic E-state index is -0.0178. The third-order valence-corrected chi connectivity index (χ3v) is 8.02. The van der Waals surface area contributed by atoms with Crippen LogP contribution in [0.25, 0.3) is 11.4 Å². The van der Waals surface area contributed by atoms with Gasteiger partial charge in [0.2, 0.25) is 17.6 Å². The second-order valence-electron chi connectivity index (χ2n) is 9.28. The predicted octanol–water partition coefficient (Wildman–Crippen LogP) is 6.84. The Labute approximate surface area is 226 Å². The number of para-hydroxylation sites is 1. The Kier molecular flexibility index (Phi) is 8.24. The van der Waals surface area contributed by atoms with Crippen LogP contribution in [0.3, 0.4) is 0 Å². The molecule has 6 nitrogen and oxygen atoms in total. The molecule has 0 spiro atoms. The molecule has 1 saturated heterocycles.